The fraction of sp³-hybridized carbons (Fsp3) is 0.462. The number of hydrogen-bond donors (Lipinski definition) is 3. The van der Waals surface area contributed by atoms with E-state index in [0.717, 1.165) is 13.1 Å². The van der Waals surface area contributed by atoms with Crippen molar-refractivity contribution in [1.29, 1.82) is 0 Å². The molecule has 0 radical (unpaired) electrons. The molecule has 1 amide bonds. The molecule has 0 spiro atoms. The molecule has 1 aromatic carbocycles. The average molecular weight is 250 g/mol. The lowest BCUT2D eigenvalue weighted by Crippen LogP contribution is -2.40. The van der Waals surface area contributed by atoms with Gasteiger partial charge in [0.2, 0.25) is 0 Å². The lowest BCUT2D eigenvalue weighted by molar-refractivity contribution is 0.177. The van der Waals surface area contributed by atoms with Crippen molar-refractivity contribution in [3.63, 3.8) is 0 Å². The largest absolute Gasteiger partial charge is 0.465 e. The van der Waals surface area contributed by atoms with E-state index in [2.05, 4.69) is 10.2 Å². The fourth-order valence-electron chi connectivity index (χ4n) is 2.44. The third-order valence-corrected chi connectivity index (χ3v) is 3.31. The molecule has 1 aromatic rings. The summed E-state index contributed by atoms with van der Waals surface area (Å²) in [7, 11) is 0. The number of benzene rings is 1. The summed E-state index contributed by atoms with van der Waals surface area (Å²) in [5.41, 5.74) is 1.20. The van der Waals surface area contributed by atoms with E-state index in [1.165, 1.54) is 5.56 Å². The Bertz CT molecular complexity index is 396. The fourth-order valence-corrected chi connectivity index (χ4v) is 2.44. The zero-order valence-electron chi connectivity index (χ0n) is 10.1. The van der Waals surface area contributed by atoms with Crippen LogP contribution in [0.1, 0.15) is 5.56 Å². The third-order valence-electron chi connectivity index (χ3n) is 3.31. The van der Waals surface area contributed by atoms with Gasteiger partial charge in [-0.15, -0.1) is 0 Å². The van der Waals surface area contributed by atoms with E-state index in [4.69, 9.17) is 5.11 Å². The predicted octanol–water partition coefficient (Wildman–Crippen LogP) is 0.747. The number of nitrogens with one attached hydrogen (secondary N) is 1. The second kappa shape index (κ2) is 5.84. The van der Waals surface area contributed by atoms with Gasteiger partial charge in [0.25, 0.3) is 0 Å². The van der Waals surface area contributed by atoms with Crippen LogP contribution in [0.2, 0.25) is 0 Å². The van der Waals surface area contributed by atoms with E-state index in [9.17, 15) is 9.90 Å². The number of aliphatic hydroxyl groups is 1. The summed E-state index contributed by atoms with van der Waals surface area (Å²) in [5, 5.41) is 20.5. The first-order valence-electron chi connectivity index (χ1n) is 6.05. The highest BCUT2D eigenvalue weighted by molar-refractivity contribution is 5.65. The average Bonchev–Trinajstić information content (AvgIpc) is 2.71. The molecule has 0 aliphatic carbocycles. The van der Waals surface area contributed by atoms with Crippen LogP contribution in [0.5, 0.6) is 0 Å². The summed E-state index contributed by atoms with van der Waals surface area (Å²) in [6, 6.07) is 9.86. The molecule has 0 aromatic heterocycles. The zero-order chi connectivity index (χ0) is 13.0. The van der Waals surface area contributed by atoms with Gasteiger partial charge in [-0.2, -0.15) is 0 Å². The van der Waals surface area contributed by atoms with Gasteiger partial charge in [0.05, 0.1) is 6.04 Å². The molecule has 1 aliphatic rings. The summed E-state index contributed by atoms with van der Waals surface area (Å²) >= 11 is 0. The summed E-state index contributed by atoms with van der Waals surface area (Å²) in [6.07, 6.45) is -1.03. The van der Waals surface area contributed by atoms with Crippen molar-refractivity contribution in [2.75, 3.05) is 19.7 Å². The molecule has 1 fully saturated rings. The molecule has 0 saturated carbocycles. The van der Waals surface area contributed by atoms with Crippen LogP contribution in [0.3, 0.4) is 0 Å². The molecule has 3 N–H and O–H groups in total. The number of hydrogen-bond acceptors (Lipinski definition) is 3. The Balaban J connectivity index is 1.94. The smallest absolute Gasteiger partial charge is 0.404 e. The van der Waals surface area contributed by atoms with E-state index < -0.39 is 6.09 Å². The molecule has 18 heavy (non-hydrogen) atoms. The standard InChI is InChI=1S/C13H18N2O3/c16-9-11-7-15(8-12(11)14-13(17)18)6-10-4-2-1-3-5-10/h1-5,11-12,14,16H,6-9H2,(H,17,18)/t11-,12+/m1/s1. The number of amides is 1. The number of rotatable bonds is 4. The maximum atomic E-state index is 10.7. The van der Waals surface area contributed by atoms with Crippen molar-refractivity contribution in [1.82, 2.24) is 10.2 Å². The van der Waals surface area contributed by atoms with Gasteiger partial charge in [-0.3, -0.25) is 4.90 Å². The molecular formula is C13H18N2O3. The topological polar surface area (TPSA) is 72.8 Å². The minimum Gasteiger partial charge on any atom is -0.465 e. The Morgan fingerprint density at radius 3 is 2.67 bits per heavy atom. The van der Waals surface area contributed by atoms with Gasteiger partial charge in [0.1, 0.15) is 0 Å². The summed E-state index contributed by atoms with van der Waals surface area (Å²) < 4.78 is 0. The molecule has 5 heteroatoms. The van der Waals surface area contributed by atoms with E-state index in [1.54, 1.807) is 0 Å². The SMILES string of the molecule is O=C(O)N[C@H]1CN(Cc2ccccc2)C[C@@H]1CO. The van der Waals surface area contributed by atoms with Crippen LogP contribution in [0.4, 0.5) is 4.79 Å². The number of aliphatic hydroxyl groups excluding tert-OH is 1. The number of nitrogens with zero attached hydrogens (tertiary/aromatic N) is 1. The van der Waals surface area contributed by atoms with Crippen molar-refractivity contribution < 1.29 is 15.0 Å². The predicted molar refractivity (Wildman–Crippen MR) is 67.2 cm³/mol. The van der Waals surface area contributed by atoms with E-state index in [-0.39, 0.29) is 18.6 Å². The normalized spacial score (nSPS) is 24.1. The summed E-state index contributed by atoms with van der Waals surface area (Å²) in [4.78, 5) is 12.8. The van der Waals surface area contributed by atoms with Crippen molar-refractivity contribution in [3.05, 3.63) is 35.9 Å². The number of carboxylic acid groups (broad SMARTS) is 1. The van der Waals surface area contributed by atoms with Gasteiger partial charge < -0.3 is 15.5 Å². The third kappa shape index (κ3) is 3.21. The van der Waals surface area contributed by atoms with Gasteiger partial charge in [-0.1, -0.05) is 30.3 Å². The maximum absolute atomic E-state index is 10.7. The Kier molecular flexibility index (Phi) is 4.17. The first kappa shape index (κ1) is 12.9. The highest BCUT2D eigenvalue weighted by Gasteiger charge is 2.33. The Morgan fingerprint density at radius 2 is 2.06 bits per heavy atom. The van der Waals surface area contributed by atoms with E-state index in [1.807, 2.05) is 30.3 Å². The summed E-state index contributed by atoms with van der Waals surface area (Å²) in [6.45, 7) is 2.16. The lowest BCUT2D eigenvalue weighted by atomic mass is 10.1. The van der Waals surface area contributed by atoms with Crippen LogP contribution >= 0.6 is 0 Å². The van der Waals surface area contributed by atoms with Crippen LogP contribution < -0.4 is 5.32 Å². The Labute approximate surface area is 106 Å². The van der Waals surface area contributed by atoms with Crippen molar-refractivity contribution in [2.24, 2.45) is 5.92 Å². The molecule has 5 nitrogen and oxygen atoms in total. The quantitative estimate of drug-likeness (QED) is 0.737. The minimum atomic E-state index is -1.03. The second-order valence-electron chi connectivity index (χ2n) is 4.68. The molecule has 2 rings (SSSR count). The summed E-state index contributed by atoms with van der Waals surface area (Å²) in [5.74, 6) is -0.0233. The van der Waals surface area contributed by atoms with E-state index in [0.29, 0.717) is 6.54 Å². The van der Waals surface area contributed by atoms with Crippen LogP contribution in [0.25, 0.3) is 0 Å². The van der Waals surface area contributed by atoms with Crippen molar-refractivity contribution >= 4 is 6.09 Å². The van der Waals surface area contributed by atoms with Crippen LogP contribution in [0.15, 0.2) is 30.3 Å². The van der Waals surface area contributed by atoms with Crippen molar-refractivity contribution in [2.45, 2.75) is 12.6 Å². The highest BCUT2D eigenvalue weighted by Crippen LogP contribution is 2.19. The van der Waals surface area contributed by atoms with Crippen LogP contribution in [-0.2, 0) is 6.54 Å². The highest BCUT2D eigenvalue weighted by atomic mass is 16.4. The molecule has 1 saturated heterocycles. The molecule has 98 valence electrons. The zero-order valence-corrected chi connectivity index (χ0v) is 10.1. The van der Waals surface area contributed by atoms with Crippen molar-refractivity contribution in [3.8, 4) is 0 Å². The molecule has 1 heterocycles. The Morgan fingerprint density at radius 1 is 1.33 bits per heavy atom. The van der Waals surface area contributed by atoms with Gasteiger partial charge in [-0.05, 0) is 5.56 Å². The number of carbonyl (C=O) groups is 1. The first-order valence-corrected chi connectivity index (χ1v) is 6.05. The van der Waals surface area contributed by atoms with Gasteiger partial charge in [0, 0.05) is 32.2 Å². The van der Waals surface area contributed by atoms with E-state index >= 15 is 0 Å². The number of likely N-dealkylation sites (tertiary alicyclic amines) is 1. The van der Waals surface area contributed by atoms with Crippen LogP contribution in [-0.4, -0.2) is 46.9 Å². The lowest BCUT2D eigenvalue weighted by Gasteiger charge is -2.16. The van der Waals surface area contributed by atoms with Gasteiger partial charge in [0.15, 0.2) is 0 Å². The Hall–Kier alpha value is -1.59. The molecular weight excluding hydrogens is 232 g/mol. The monoisotopic (exact) mass is 250 g/mol. The van der Waals surface area contributed by atoms with Crippen LogP contribution in [0, 0.1) is 5.92 Å². The van der Waals surface area contributed by atoms with Gasteiger partial charge >= 0.3 is 6.09 Å². The molecule has 0 bridgehead atoms. The second-order valence-corrected chi connectivity index (χ2v) is 4.68. The molecule has 2 atom stereocenters. The first-order chi connectivity index (χ1) is 8.69. The molecule has 0 unspecified atom stereocenters. The maximum Gasteiger partial charge on any atom is 0.404 e. The minimum absolute atomic E-state index is 0.0102. The molecule has 1 aliphatic heterocycles. The van der Waals surface area contributed by atoms with Gasteiger partial charge in [-0.25, -0.2) is 4.79 Å².